The van der Waals surface area contributed by atoms with E-state index in [1.807, 2.05) is 0 Å². The predicted molar refractivity (Wildman–Crippen MR) is 66.2 cm³/mol. The molecule has 0 saturated carbocycles. The van der Waals surface area contributed by atoms with E-state index >= 15 is 0 Å². The van der Waals surface area contributed by atoms with E-state index in [0.29, 0.717) is 11.6 Å². The summed E-state index contributed by atoms with van der Waals surface area (Å²) in [5, 5.41) is 13.6. The summed E-state index contributed by atoms with van der Waals surface area (Å²) in [4.78, 5) is 0. The lowest BCUT2D eigenvalue weighted by molar-refractivity contribution is 0.134. The summed E-state index contributed by atoms with van der Waals surface area (Å²) < 4.78 is 13.1. The van der Waals surface area contributed by atoms with Crippen LogP contribution in [0.4, 0.5) is 4.39 Å². The fraction of sp³-hybridized carbons (Fsp3) is 0.571. The van der Waals surface area contributed by atoms with Gasteiger partial charge in [0.1, 0.15) is 5.82 Å². The van der Waals surface area contributed by atoms with Crippen molar-refractivity contribution in [2.45, 2.75) is 50.8 Å². The van der Waals surface area contributed by atoms with Crippen molar-refractivity contribution in [1.29, 1.82) is 0 Å². The lowest BCUT2D eigenvalue weighted by Crippen LogP contribution is -2.33. The van der Waals surface area contributed by atoms with Crippen molar-refractivity contribution >= 4 is 0 Å². The molecule has 1 aliphatic rings. The van der Waals surface area contributed by atoms with E-state index in [4.69, 9.17) is 0 Å². The second-order valence-electron chi connectivity index (χ2n) is 4.84. The Morgan fingerprint density at radius 1 is 1.47 bits per heavy atom. The van der Waals surface area contributed by atoms with E-state index in [-0.39, 0.29) is 11.9 Å². The van der Waals surface area contributed by atoms with Crippen LogP contribution in [0.15, 0.2) is 24.3 Å². The molecule has 2 rings (SSSR count). The number of hydrogen-bond acceptors (Lipinski definition) is 2. The Labute approximate surface area is 102 Å². The van der Waals surface area contributed by atoms with Crippen molar-refractivity contribution in [1.82, 2.24) is 5.32 Å². The first-order valence-electron chi connectivity index (χ1n) is 6.40. The molecule has 1 aromatic rings. The van der Waals surface area contributed by atoms with Crippen LogP contribution in [-0.4, -0.2) is 17.2 Å². The van der Waals surface area contributed by atoms with Gasteiger partial charge in [-0.1, -0.05) is 25.5 Å². The minimum atomic E-state index is -0.604. The molecule has 1 aromatic carbocycles. The van der Waals surface area contributed by atoms with Crippen molar-refractivity contribution in [2.24, 2.45) is 0 Å². The maximum atomic E-state index is 13.1. The Morgan fingerprint density at radius 2 is 2.29 bits per heavy atom. The zero-order chi connectivity index (χ0) is 12.3. The van der Waals surface area contributed by atoms with E-state index in [2.05, 4.69) is 12.2 Å². The highest BCUT2D eigenvalue weighted by molar-refractivity contribution is 5.20. The third-order valence-corrected chi connectivity index (χ3v) is 3.48. The Balaban J connectivity index is 1.99. The van der Waals surface area contributed by atoms with Gasteiger partial charge in [-0.25, -0.2) is 4.39 Å². The van der Waals surface area contributed by atoms with Crippen LogP contribution in [0.2, 0.25) is 0 Å². The minimum Gasteiger partial charge on any atom is -0.387 e. The molecule has 2 nitrogen and oxygen atoms in total. The first-order valence-corrected chi connectivity index (χ1v) is 6.40. The maximum absolute atomic E-state index is 13.1. The molecule has 0 aromatic heterocycles. The fourth-order valence-corrected chi connectivity index (χ4v) is 2.60. The van der Waals surface area contributed by atoms with Gasteiger partial charge in [-0.05, 0) is 37.0 Å². The summed E-state index contributed by atoms with van der Waals surface area (Å²) >= 11 is 0. The van der Waals surface area contributed by atoms with Crippen LogP contribution >= 0.6 is 0 Å². The van der Waals surface area contributed by atoms with Crippen molar-refractivity contribution in [3.63, 3.8) is 0 Å². The number of aliphatic hydroxyl groups is 1. The highest BCUT2D eigenvalue weighted by Crippen LogP contribution is 2.27. The molecule has 3 atom stereocenters. The summed E-state index contributed by atoms with van der Waals surface area (Å²) in [6, 6.07) is 6.81. The van der Waals surface area contributed by atoms with Gasteiger partial charge in [0, 0.05) is 12.1 Å². The van der Waals surface area contributed by atoms with Gasteiger partial charge in [-0.15, -0.1) is 0 Å². The number of aliphatic hydroxyl groups excluding tert-OH is 1. The summed E-state index contributed by atoms with van der Waals surface area (Å²) in [6.45, 7) is 2.16. The van der Waals surface area contributed by atoms with Gasteiger partial charge in [-0.3, -0.25) is 0 Å². The Bertz CT molecular complexity index is 369. The Kier molecular flexibility index (Phi) is 4.13. The molecule has 1 heterocycles. The Hall–Kier alpha value is -0.930. The highest BCUT2D eigenvalue weighted by atomic mass is 19.1. The van der Waals surface area contributed by atoms with Gasteiger partial charge in [0.2, 0.25) is 0 Å². The van der Waals surface area contributed by atoms with Gasteiger partial charge in [-0.2, -0.15) is 0 Å². The molecule has 3 heteroatoms. The van der Waals surface area contributed by atoms with Gasteiger partial charge in [0.15, 0.2) is 0 Å². The largest absolute Gasteiger partial charge is 0.387 e. The van der Waals surface area contributed by atoms with Crippen LogP contribution in [0.5, 0.6) is 0 Å². The number of hydrogen-bond donors (Lipinski definition) is 2. The first-order chi connectivity index (χ1) is 8.20. The minimum absolute atomic E-state index is 0.0633. The zero-order valence-electron chi connectivity index (χ0n) is 10.2. The molecule has 1 aliphatic heterocycles. The lowest BCUT2D eigenvalue weighted by Gasteiger charge is -2.20. The topological polar surface area (TPSA) is 32.3 Å². The van der Waals surface area contributed by atoms with Gasteiger partial charge < -0.3 is 10.4 Å². The molecule has 0 unspecified atom stereocenters. The molecule has 0 bridgehead atoms. The average Bonchev–Trinajstić information content (AvgIpc) is 2.77. The van der Waals surface area contributed by atoms with Gasteiger partial charge in [0.05, 0.1) is 6.10 Å². The monoisotopic (exact) mass is 237 g/mol. The SMILES string of the molecule is CCC[C@@H]1CC[C@H]([C@@H](O)c2cccc(F)c2)N1. The molecule has 0 radical (unpaired) electrons. The molecular weight excluding hydrogens is 217 g/mol. The van der Waals surface area contributed by atoms with Crippen LogP contribution in [0.25, 0.3) is 0 Å². The predicted octanol–water partition coefficient (Wildman–Crippen LogP) is 2.78. The van der Waals surface area contributed by atoms with E-state index in [0.717, 1.165) is 25.7 Å². The van der Waals surface area contributed by atoms with E-state index < -0.39 is 6.10 Å². The number of rotatable bonds is 4. The fourth-order valence-electron chi connectivity index (χ4n) is 2.60. The molecule has 0 spiro atoms. The van der Waals surface area contributed by atoms with Crippen molar-refractivity contribution < 1.29 is 9.50 Å². The van der Waals surface area contributed by atoms with Crippen molar-refractivity contribution in [3.8, 4) is 0 Å². The molecule has 1 saturated heterocycles. The molecule has 0 aliphatic carbocycles. The second kappa shape index (κ2) is 5.61. The lowest BCUT2D eigenvalue weighted by atomic mass is 10.0. The molecule has 17 heavy (non-hydrogen) atoms. The molecule has 0 amide bonds. The first kappa shape index (κ1) is 12.5. The number of halogens is 1. The normalized spacial score (nSPS) is 26.1. The molecule has 94 valence electrons. The third kappa shape index (κ3) is 3.05. The van der Waals surface area contributed by atoms with Crippen LogP contribution in [0.1, 0.15) is 44.3 Å². The zero-order valence-corrected chi connectivity index (χ0v) is 10.2. The van der Waals surface area contributed by atoms with Crippen LogP contribution in [-0.2, 0) is 0 Å². The second-order valence-corrected chi connectivity index (χ2v) is 4.84. The van der Waals surface area contributed by atoms with Gasteiger partial charge >= 0.3 is 0 Å². The molecular formula is C14H20FNO. The van der Waals surface area contributed by atoms with Crippen molar-refractivity contribution in [2.75, 3.05) is 0 Å². The summed E-state index contributed by atoms with van der Waals surface area (Å²) in [6.07, 6.45) is 3.76. The van der Waals surface area contributed by atoms with E-state index in [9.17, 15) is 9.50 Å². The van der Waals surface area contributed by atoms with E-state index in [1.54, 1.807) is 12.1 Å². The van der Waals surface area contributed by atoms with Crippen LogP contribution in [0, 0.1) is 5.82 Å². The van der Waals surface area contributed by atoms with Crippen LogP contribution < -0.4 is 5.32 Å². The number of benzene rings is 1. The highest BCUT2D eigenvalue weighted by Gasteiger charge is 2.29. The quantitative estimate of drug-likeness (QED) is 0.844. The molecule has 1 fully saturated rings. The Morgan fingerprint density at radius 3 is 3.00 bits per heavy atom. The maximum Gasteiger partial charge on any atom is 0.123 e. The summed E-state index contributed by atoms with van der Waals surface area (Å²) in [5.41, 5.74) is 0.666. The average molecular weight is 237 g/mol. The smallest absolute Gasteiger partial charge is 0.123 e. The summed E-state index contributed by atoms with van der Waals surface area (Å²) in [5.74, 6) is -0.287. The van der Waals surface area contributed by atoms with Crippen LogP contribution in [0.3, 0.4) is 0 Å². The van der Waals surface area contributed by atoms with Crippen molar-refractivity contribution in [3.05, 3.63) is 35.6 Å². The third-order valence-electron chi connectivity index (χ3n) is 3.48. The standard InChI is InChI=1S/C14H20FNO/c1-2-4-12-7-8-13(16-12)14(17)10-5-3-6-11(15)9-10/h3,5-6,9,12-14,16-17H,2,4,7-8H2,1H3/t12-,13-,14+/m1/s1. The van der Waals surface area contributed by atoms with Gasteiger partial charge in [0.25, 0.3) is 0 Å². The summed E-state index contributed by atoms with van der Waals surface area (Å²) in [7, 11) is 0. The van der Waals surface area contributed by atoms with E-state index in [1.165, 1.54) is 12.1 Å². The number of nitrogens with one attached hydrogen (secondary N) is 1. The molecule has 2 N–H and O–H groups in total.